The van der Waals surface area contributed by atoms with E-state index >= 15 is 0 Å². The van der Waals surface area contributed by atoms with Crippen LogP contribution in [0.5, 0.6) is 0 Å². The van der Waals surface area contributed by atoms with Crippen molar-refractivity contribution in [1.29, 1.82) is 0 Å². The highest BCUT2D eigenvalue weighted by molar-refractivity contribution is 5.81. The highest BCUT2D eigenvalue weighted by atomic mass is 16.8. The van der Waals surface area contributed by atoms with Crippen LogP contribution in [0.15, 0.2) is 0 Å². The number of hydrogen-bond acceptors (Lipinski definition) is 29. The van der Waals surface area contributed by atoms with E-state index in [0.29, 0.717) is 18.8 Å². The summed E-state index contributed by atoms with van der Waals surface area (Å²) >= 11 is 0. The molecule has 4 saturated heterocycles. The molecule has 0 aliphatic carbocycles. The van der Waals surface area contributed by atoms with Gasteiger partial charge in [0.1, 0.15) is 98.2 Å². The molecular formula is C78H143N3O31. The molecule has 0 spiro atoms. The molecule has 0 aromatic carbocycles. The van der Waals surface area contributed by atoms with E-state index in [-0.39, 0.29) is 12.8 Å². The van der Waals surface area contributed by atoms with Crippen LogP contribution in [0.2, 0.25) is 0 Å². The standard InChI is InChI=1S/C78H143N3O31/c1-6-7-8-9-10-11-12-13-14-15-16-17-18-19-20-21-22-27-30-33-36-39-52(86)72(100)80-50(62(92)51(85)38-35-32-29-26-24-23-25-28-31-34-37-47(2)3)44-105-74-69(99)67(97)65(95)57(109-74)45-107-77(75(101)102)41-56(60(79-49(5)84)71(111-77)64(94)55(89)43-83)110-78(76(103)104)40-53(87)59(70(112-78)63(93)54(88)42-82)81-58(90)46-106-73-68(98)66(96)61(91)48(4)108-73/h47-48,50-57,59-71,73-74,82-83,85-89,91-99H,6-46H2,1-5H3,(H,79,84)(H,80,100)(H,81,90)(H,101,102)(H,103,104). The van der Waals surface area contributed by atoms with Crippen LogP contribution in [0, 0.1) is 5.92 Å². The van der Waals surface area contributed by atoms with E-state index in [9.17, 15) is 116 Å². The molecule has 0 aromatic rings. The summed E-state index contributed by atoms with van der Waals surface area (Å²) in [4.78, 5) is 67.8. The Kier molecular flexibility index (Phi) is 48.3. The van der Waals surface area contributed by atoms with Gasteiger partial charge in [0.2, 0.25) is 17.7 Å². The predicted octanol–water partition coefficient (Wildman–Crippen LogP) is 1.48. The topological polar surface area (TPSA) is 559 Å². The van der Waals surface area contributed by atoms with Gasteiger partial charge < -0.3 is 146 Å². The van der Waals surface area contributed by atoms with Crippen molar-refractivity contribution >= 4 is 29.7 Å². The Labute approximate surface area is 659 Å². The summed E-state index contributed by atoms with van der Waals surface area (Å²) in [7, 11) is 0. The Bertz CT molecular complexity index is 2590. The number of nitrogens with one attached hydrogen (secondary N) is 3. The molecule has 34 heteroatoms. The summed E-state index contributed by atoms with van der Waals surface area (Å²) in [6.07, 6.45) is -8.74. The third kappa shape index (κ3) is 33.7. The van der Waals surface area contributed by atoms with Crippen molar-refractivity contribution in [2.75, 3.05) is 33.0 Å². The van der Waals surface area contributed by atoms with E-state index in [0.717, 1.165) is 77.6 Å². The number of aliphatic carboxylic acids is 2. The van der Waals surface area contributed by atoms with Crippen LogP contribution in [-0.2, 0) is 61.9 Å². The number of carbonyl (C=O) groups is 5. The highest BCUT2D eigenvalue weighted by Gasteiger charge is 2.63. The van der Waals surface area contributed by atoms with Gasteiger partial charge >= 0.3 is 11.9 Å². The Morgan fingerprint density at radius 2 is 0.920 bits per heavy atom. The third-order valence-corrected chi connectivity index (χ3v) is 22.0. The van der Waals surface area contributed by atoms with Gasteiger partial charge in [-0.25, -0.2) is 9.59 Å². The van der Waals surface area contributed by atoms with Crippen LogP contribution < -0.4 is 16.0 Å². The molecule has 3 amide bonds. The smallest absolute Gasteiger partial charge is 0.364 e. The first-order valence-electron chi connectivity index (χ1n) is 41.6. The van der Waals surface area contributed by atoms with Crippen LogP contribution in [0.4, 0.5) is 0 Å². The van der Waals surface area contributed by atoms with E-state index in [1.807, 2.05) is 0 Å². The minimum atomic E-state index is -3.41. The second-order valence-electron chi connectivity index (χ2n) is 31.9. The van der Waals surface area contributed by atoms with Gasteiger partial charge in [0, 0.05) is 19.8 Å². The molecule has 34 nitrogen and oxygen atoms in total. The minimum Gasteiger partial charge on any atom is -0.477 e. The van der Waals surface area contributed by atoms with Gasteiger partial charge in [-0.3, -0.25) is 14.4 Å². The molecule has 4 aliphatic rings. The SMILES string of the molecule is CCCCCCCCCCCCCCCCCCCCCCCC(O)C(=O)NC(COC1OC(COC2(C(=O)O)CC(OC3(C(=O)O)CC(O)C(NC(=O)COC4OC(C)C(O)C(O)C4O)C(C(O)C(O)CO)O3)C(NC(C)=O)C(C(O)C(O)CO)O2)C(O)C(O)C1O)C(O)C(O)CCCCCCCCCCCCC(C)C. The number of aliphatic hydroxyl groups excluding tert-OH is 16. The van der Waals surface area contributed by atoms with Crippen molar-refractivity contribution in [3.63, 3.8) is 0 Å². The third-order valence-electron chi connectivity index (χ3n) is 22.0. The maximum absolute atomic E-state index is 13.8. The molecule has 4 aliphatic heterocycles. The zero-order valence-corrected chi connectivity index (χ0v) is 66.8. The van der Waals surface area contributed by atoms with Crippen LogP contribution in [-0.4, -0.2) is 313 Å². The van der Waals surface area contributed by atoms with E-state index in [4.69, 9.17) is 37.9 Å². The number of rotatable bonds is 60. The van der Waals surface area contributed by atoms with Crippen LogP contribution in [0.3, 0.4) is 0 Å². The Morgan fingerprint density at radius 1 is 0.491 bits per heavy atom. The molecule has 0 bridgehead atoms. The van der Waals surface area contributed by atoms with Gasteiger partial charge in [0.05, 0.1) is 69.0 Å². The van der Waals surface area contributed by atoms with Crippen LogP contribution in [0.1, 0.15) is 266 Å². The molecule has 26 atom stereocenters. The molecule has 4 fully saturated rings. The maximum Gasteiger partial charge on any atom is 0.364 e. The lowest BCUT2D eigenvalue weighted by molar-refractivity contribution is -0.365. The minimum absolute atomic E-state index is 0.0554. The summed E-state index contributed by atoms with van der Waals surface area (Å²) in [5.74, 6) is -13.6. The van der Waals surface area contributed by atoms with Gasteiger partial charge in [-0.2, -0.15) is 0 Å². The number of hydrogen-bond donors (Lipinski definition) is 21. The van der Waals surface area contributed by atoms with Gasteiger partial charge in [-0.15, -0.1) is 0 Å². The van der Waals surface area contributed by atoms with E-state index in [1.54, 1.807) is 0 Å². The van der Waals surface area contributed by atoms with Crippen LogP contribution in [0.25, 0.3) is 0 Å². The molecule has 0 saturated carbocycles. The Hall–Kier alpha value is -3.61. The maximum atomic E-state index is 13.8. The van der Waals surface area contributed by atoms with Crippen molar-refractivity contribution in [1.82, 2.24) is 16.0 Å². The number of unbranched alkanes of at least 4 members (excludes halogenated alkanes) is 29. The second kappa shape index (κ2) is 53.7. The van der Waals surface area contributed by atoms with E-state index < -0.39 is 234 Å². The predicted molar refractivity (Wildman–Crippen MR) is 403 cm³/mol. The fourth-order valence-electron chi connectivity index (χ4n) is 14.9. The average Bonchev–Trinajstić information content (AvgIpc) is 0.742. The average molecular weight is 1620 g/mol. The molecular weight excluding hydrogens is 1470 g/mol. The largest absolute Gasteiger partial charge is 0.477 e. The molecule has 4 heterocycles. The van der Waals surface area contributed by atoms with Crippen molar-refractivity contribution in [2.24, 2.45) is 5.92 Å². The highest BCUT2D eigenvalue weighted by Crippen LogP contribution is 2.42. The van der Waals surface area contributed by atoms with Crippen molar-refractivity contribution in [2.45, 2.75) is 424 Å². The quantitative estimate of drug-likeness (QED) is 0.0384. The zero-order chi connectivity index (χ0) is 83.1. The fourth-order valence-corrected chi connectivity index (χ4v) is 14.9. The van der Waals surface area contributed by atoms with Gasteiger partial charge in [0.15, 0.2) is 12.6 Å². The Balaban J connectivity index is 1.51. The number of aliphatic hydroxyl groups is 16. The monoisotopic (exact) mass is 1620 g/mol. The molecule has 0 aromatic heterocycles. The molecule has 21 N–H and O–H groups in total. The Morgan fingerprint density at radius 3 is 1.38 bits per heavy atom. The van der Waals surface area contributed by atoms with E-state index in [2.05, 4.69) is 36.7 Å². The molecule has 26 unspecified atom stereocenters. The van der Waals surface area contributed by atoms with Crippen molar-refractivity contribution < 1.29 is 154 Å². The number of amides is 3. The molecule has 0 radical (unpaired) electrons. The number of carboxylic acids is 2. The summed E-state index contributed by atoms with van der Waals surface area (Å²) in [5.41, 5.74) is 0. The second-order valence-corrected chi connectivity index (χ2v) is 31.9. The molecule has 656 valence electrons. The first-order chi connectivity index (χ1) is 53.3. The van der Waals surface area contributed by atoms with Crippen molar-refractivity contribution in [3.8, 4) is 0 Å². The summed E-state index contributed by atoms with van der Waals surface area (Å²) in [6, 6.07) is -5.57. The lowest BCUT2D eigenvalue weighted by Crippen LogP contribution is -2.72. The number of carbonyl (C=O) groups excluding carboxylic acids is 3. The summed E-state index contributed by atoms with van der Waals surface area (Å²) < 4.78 is 46.2. The fraction of sp³-hybridized carbons (Fsp3) is 0.936. The zero-order valence-electron chi connectivity index (χ0n) is 66.8. The lowest BCUT2D eigenvalue weighted by Gasteiger charge is -2.52. The number of ether oxygens (including phenoxy) is 8. The van der Waals surface area contributed by atoms with Gasteiger partial charge in [-0.1, -0.05) is 226 Å². The first-order valence-corrected chi connectivity index (χ1v) is 41.6. The molecule has 4 rings (SSSR count). The van der Waals surface area contributed by atoms with Crippen LogP contribution >= 0.6 is 0 Å². The molecule has 112 heavy (non-hydrogen) atoms. The van der Waals surface area contributed by atoms with Gasteiger partial charge in [-0.05, 0) is 25.7 Å². The summed E-state index contributed by atoms with van der Waals surface area (Å²) in [6.45, 7) is 3.24. The summed E-state index contributed by atoms with van der Waals surface area (Å²) in [5, 5.41) is 205. The lowest BCUT2D eigenvalue weighted by atomic mass is 9.86. The normalized spacial score (nSPS) is 30.6. The van der Waals surface area contributed by atoms with Gasteiger partial charge in [0.25, 0.3) is 11.6 Å². The van der Waals surface area contributed by atoms with Crippen molar-refractivity contribution in [3.05, 3.63) is 0 Å². The van der Waals surface area contributed by atoms with E-state index in [1.165, 1.54) is 129 Å². The number of carboxylic acid groups (broad SMARTS) is 2. The first kappa shape index (κ1) is 101.